The van der Waals surface area contributed by atoms with Crippen LogP contribution in [0, 0.1) is 0 Å². The maximum atomic E-state index is 5.83. The molecule has 2 N–H and O–H groups in total. The average Bonchev–Trinajstić information content (AvgIpc) is 2.47. The summed E-state index contributed by atoms with van der Waals surface area (Å²) in [6, 6.07) is 0.950. The predicted octanol–water partition coefficient (Wildman–Crippen LogP) is 3.83. The standard InChI is InChI=1S/C16H38N2O2Si/c1-7-11-15(12-8-2)17-21(19-5,20-6)18-16(13-9-3)14-10-4/h15-18H,7-14H2,1-6H3. The smallest absolute Gasteiger partial charge is 0.374 e. The van der Waals surface area contributed by atoms with E-state index in [4.69, 9.17) is 8.85 Å². The third kappa shape index (κ3) is 8.31. The Morgan fingerprint density at radius 1 is 0.667 bits per heavy atom. The van der Waals surface area contributed by atoms with E-state index in [1.165, 1.54) is 51.4 Å². The van der Waals surface area contributed by atoms with Crippen LogP contribution >= 0.6 is 0 Å². The van der Waals surface area contributed by atoms with Crippen molar-refractivity contribution in [3.8, 4) is 0 Å². The van der Waals surface area contributed by atoms with Crippen molar-refractivity contribution in [2.75, 3.05) is 14.2 Å². The Balaban J connectivity index is 4.84. The van der Waals surface area contributed by atoms with Gasteiger partial charge in [-0.25, -0.2) is 0 Å². The van der Waals surface area contributed by atoms with Gasteiger partial charge in [-0.15, -0.1) is 0 Å². The molecule has 0 fully saturated rings. The molecule has 5 heteroatoms. The number of hydrogen-bond donors (Lipinski definition) is 2. The van der Waals surface area contributed by atoms with Crippen LogP contribution in [0.15, 0.2) is 0 Å². The molecule has 0 aromatic carbocycles. The molecular weight excluding hydrogens is 280 g/mol. The fraction of sp³-hybridized carbons (Fsp3) is 1.00. The molecule has 0 unspecified atom stereocenters. The van der Waals surface area contributed by atoms with Gasteiger partial charge in [-0.1, -0.05) is 53.4 Å². The zero-order chi connectivity index (χ0) is 16.1. The van der Waals surface area contributed by atoms with Crippen molar-refractivity contribution in [2.24, 2.45) is 0 Å². The van der Waals surface area contributed by atoms with E-state index in [0.29, 0.717) is 12.1 Å². The highest BCUT2D eigenvalue weighted by molar-refractivity contribution is 6.62. The minimum Gasteiger partial charge on any atom is -0.374 e. The second-order valence-corrected chi connectivity index (χ2v) is 8.49. The van der Waals surface area contributed by atoms with E-state index in [1.807, 2.05) is 0 Å². The quantitative estimate of drug-likeness (QED) is 0.478. The van der Waals surface area contributed by atoms with Crippen LogP contribution in [0.2, 0.25) is 0 Å². The van der Waals surface area contributed by atoms with Gasteiger partial charge in [0.25, 0.3) is 0 Å². The molecule has 0 aromatic rings. The average molecular weight is 319 g/mol. The van der Waals surface area contributed by atoms with Gasteiger partial charge in [0.15, 0.2) is 0 Å². The minimum atomic E-state index is -2.52. The number of nitrogens with one attached hydrogen (secondary N) is 2. The molecule has 0 aromatic heterocycles. The van der Waals surface area contributed by atoms with E-state index in [1.54, 1.807) is 14.2 Å². The Bertz CT molecular complexity index is 206. The molecule has 0 spiro atoms. The summed E-state index contributed by atoms with van der Waals surface area (Å²) in [5.74, 6) is 0. The first-order chi connectivity index (χ1) is 10.1. The maximum Gasteiger partial charge on any atom is 0.516 e. The molecule has 0 aliphatic rings. The monoisotopic (exact) mass is 318 g/mol. The van der Waals surface area contributed by atoms with Crippen molar-refractivity contribution >= 4 is 8.88 Å². The van der Waals surface area contributed by atoms with Gasteiger partial charge in [-0.3, -0.25) is 9.96 Å². The highest BCUT2D eigenvalue weighted by atomic mass is 28.4. The third-order valence-electron chi connectivity index (χ3n) is 3.91. The van der Waals surface area contributed by atoms with E-state index in [2.05, 4.69) is 37.7 Å². The van der Waals surface area contributed by atoms with Gasteiger partial charge < -0.3 is 8.85 Å². The molecule has 0 aliphatic heterocycles. The SMILES string of the molecule is CCCC(CCC)N[Si](NC(CCC)CCC)(OC)OC. The van der Waals surface area contributed by atoms with Crippen LogP contribution in [0.3, 0.4) is 0 Å². The fourth-order valence-electron chi connectivity index (χ4n) is 2.87. The summed E-state index contributed by atoms with van der Waals surface area (Å²) in [5.41, 5.74) is 0. The Morgan fingerprint density at radius 2 is 0.952 bits per heavy atom. The van der Waals surface area contributed by atoms with Crippen LogP contribution in [0.25, 0.3) is 0 Å². The Kier molecular flexibility index (Phi) is 12.6. The molecule has 0 heterocycles. The van der Waals surface area contributed by atoms with Crippen LogP contribution in [-0.4, -0.2) is 35.2 Å². The van der Waals surface area contributed by atoms with Crippen LogP contribution in [0.4, 0.5) is 0 Å². The Hall–Kier alpha value is 0.0569. The van der Waals surface area contributed by atoms with E-state index < -0.39 is 8.88 Å². The molecular formula is C16H38N2O2Si. The van der Waals surface area contributed by atoms with Gasteiger partial charge in [0, 0.05) is 26.3 Å². The van der Waals surface area contributed by atoms with Gasteiger partial charge in [0.2, 0.25) is 0 Å². The van der Waals surface area contributed by atoms with E-state index in [-0.39, 0.29) is 0 Å². The van der Waals surface area contributed by atoms with Crippen molar-refractivity contribution in [1.29, 1.82) is 0 Å². The van der Waals surface area contributed by atoms with Gasteiger partial charge >= 0.3 is 8.88 Å². The number of hydrogen-bond acceptors (Lipinski definition) is 4. The molecule has 0 rings (SSSR count). The van der Waals surface area contributed by atoms with Crippen molar-refractivity contribution < 1.29 is 8.85 Å². The fourth-order valence-corrected chi connectivity index (χ4v) is 5.24. The lowest BCUT2D eigenvalue weighted by atomic mass is 10.1. The molecule has 0 saturated carbocycles. The van der Waals surface area contributed by atoms with E-state index >= 15 is 0 Å². The summed E-state index contributed by atoms with van der Waals surface area (Å²) >= 11 is 0. The summed E-state index contributed by atoms with van der Waals surface area (Å²) in [7, 11) is 1.01. The first-order valence-electron chi connectivity index (χ1n) is 8.76. The lowest BCUT2D eigenvalue weighted by molar-refractivity contribution is 0.194. The lowest BCUT2D eigenvalue weighted by Gasteiger charge is -2.35. The van der Waals surface area contributed by atoms with Gasteiger partial charge in [0.05, 0.1) is 0 Å². The van der Waals surface area contributed by atoms with Crippen molar-refractivity contribution in [1.82, 2.24) is 9.96 Å². The van der Waals surface area contributed by atoms with Crippen LogP contribution < -0.4 is 9.96 Å². The summed E-state index contributed by atoms with van der Waals surface area (Å²) in [4.78, 5) is 7.40. The minimum absolute atomic E-state index is 0.475. The largest absolute Gasteiger partial charge is 0.516 e. The zero-order valence-corrected chi connectivity index (χ0v) is 16.1. The first-order valence-corrected chi connectivity index (χ1v) is 10.6. The Labute approximate surface area is 133 Å². The van der Waals surface area contributed by atoms with Crippen LogP contribution in [0.1, 0.15) is 79.1 Å². The van der Waals surface area contributed by atoms with Gasteiger partial charge in [0.1, 0.15) is 0 Å². The molecule has 0 bridgehead atoms. The van der Waals surface area contributed by atoms with Crippen molar-refractivity contribution in [2.45, 2.75) is 91.1 Å². The van der Waals surface area contributed by atoms with Crippen LogP contribution in [-0.2, 0) is 8.85 Å². The third-order valence-corrected chi connectivity index (χ3v) is 6.64. The predicted molar refractivity (Wildman–Crippen MR) is 93.3 cm³/mol. The van der Waals surface area contributed by atoms with E-state index in [0.717, 1.165) is 0 Å². The molecule has 128 valence electrons. The summed E-state index contributed by atoms with van der Waals surface area (Å²) in [6.07, 6.45) is 9.41. The second kappa shape index (κ2) is 12.6. The molecule has 0 saturated heterocycles. The maximum absolute atomic E-state index is 5.83. The lowest BCUT2D eigenvalue weighted by Crippen LogP contribution is -2.70. The molecule has 4 nitrogen and oxygen atoms in total. The summed E-state index contributed by atoms with van der Waals surface area (Å²) < 4.78 is 11.7. The zero-order valence-electron chi connectivity index (χ0n) is 15.1. The topological polar surface area (TPSA) is 42.5 Å². The Morgan fingerprint density at radius 3 is 1.14 bits per heavy atom. The van der Waals surface area contributed by atoms with Gasteiger partial charge in [-0.05, 0) is 25.7 Å². The molecule has 21 heavy (non-hydrogen) atoms. The highest BCUT2D eigenvalue weighted by Crippen LogP contribution is 2.12. The molecule has 0 atom stereocenters. The van der Waals surface area contributed by atoms with E-state index in [9.17, 15) is 0 Å². The summed E-state index contributed by atoms with van der Waals surface area (Å²) in [6.45, 7) is 8.93. The second-order valence-electron chi connectivity index (χ2n) is 5.86. The van der Waals surface area contributed by atoms with Crippen molar-refractivity contribution in [3.63, 3.8) is 0 Å². The van der Waals surface area contributed by atoms with Gasteiger partial charge in [-0.2, -0.15) is 0 Å². The normalized spacial score (nSPS) is 12.6. The molecule has 0 amide bonds. The van der Waals surface area contributed by atoms with Crippen molar-refractivity contribution in [3.05, 3.63) is 0 Å². The first kappa shape index (κ1) is 21.1. The highest BCUT2D eigenvalue weighted by Gasteiger charge is 2.41. The molecule has 0 radical (unpaired) electrons. The summed E-state index contributed by atoms with van der Waals surface area (Å²) in [5, 5.41) is 0. The molecule has 0 aliphatic carbocycles. The number of rotatable bonds is 14. The van der Waals surface area contributed by atoms with Crippen LogP contribution in [0.5, 0.6) is 0 Å².